The maximum absolute atomic E-state index is 12.4. The van der Waals surface area contributed by atoms with Gasteiger partial charge in [-0.3, -0.25) is 4.79 Å². The number of ether oxygens (including phenoxy) is 1. The lowest BCUT2D eigenvalue weighted by Crippen LogP contribution is -2.35. The number of nitrogens with zero attached hydrogens (tertiary/aromatic N) is 4. The number of tetrazole rings is 1. The molecule has 0 spiro atoms. The number of aromatic nitrogens is 4. The van der Waals surface area contributed by atoms with Gasteiger partial charge in [0.05, 0.1) is 10.9 Å². The molecule has 1 fully saturated rings. The predicted molar refractivity (Wildman–Crippen MR) is 101 cm³/mol. The first-order chi connectivity index (χ1) is 13.8. The highest BCUT2D eigenvalue weighted by molar-refractivity contribution is 8.00. The van der Waals surface area contributed by atoms with E-state index in [0.29, 0.717) is 23.3 Å². The molecule has 0 bridgehead atoms. The average molecular weight is 429 g/mol. The molecule has 1 aliphatic rings. The smallest absolute Gasteiger partial charge is 0.406 e. The van der Waals surface area contributed by atoms with Gasteiger partial charge in [0.15, 0.2) is 0 Å². The van der Waals surface area contributed by atoms with E-state index in [-0.39, 0.29) is 11.7 Å². The predicted octanol–water partition coefficient (Wildman–Crippen LogP) is 3.74. The molecule has 7 nitrogen and oxygen atoms in total. The number of alkyl halides is 3. The second-order valence-corrected chi connectivity index (χ2v) is 8.23. The van der Waals surface area contributed by atoms with Gasteiger partial charge in [0, 0.05) is 6.54 Å². The van der Waals surface area contributed by atoms with E-state index >= 15 is 0 Å². The van der Waals surface area contributed by atoms with E-state index in [2.05, 4.69) is 25.6 Å². The third kappa shape index (κ3) is 6.34. The maximum Gasteiger partial charge on any atom is 0.573 e. The van der Waals surface area contributed by atoms with Crippen LogP contribution in [0.5, 0.6) is 5.75 Å². The van der Waals surface area contributed by atoms with E-state index in [1.165, 1.54) is 60.0 Å². The molecule has 1 saturated carbocycles. The molecule has 0 saturated heterocycles. The molecule has 1 heterocycles. The van der Waals surface area contributed by atoms with Gasteiger partial charge in [-0.05, 0) is 60.4 Å². The molecular weight excluding hydrogens is 407 g/mol. The lowest BCUT2D eigenvalue weighted by Gasteiger charge is -2.22. The number of thioether (sulfide) groups is 1. The molecular formula is C18H22F3N5O2S. The number of amides is 1. The Kier molecular flexibility index (Phi) is 6.99. The third-order valence-electron chi connectivity index (χ3n) is 4.70. The number of hydrogen-bond acceptors (Lipinski definition) is 6. The first-order valence-corrected chi connectivity index (χ1v) is 10.3. The molecule has 1 N–H and O–H groups in total. The van der Waals surface area contributed by atoms with Gasteiger partial charge in [-0.15, -0.1) is 18.3 Å². The van der Waals surface area contributed by atoms with Gasteiger partial charge in [-0.1, -0.05) is 31.0 Å². The second-order valence-electron chi connectivity index (χ2n) is 6.92. The summed E-state index contributed by atoms with van der Waals surface area (Å²) in [7, 11) is 0. The highest BCUT2D eigenvalue weighted by Crippen LogP contribution is 2.27. The summed E-state index contributed by atoms with van der Waals surface area (Å²) in [6.45, 7) is 2.44. The van der Waals surface area contributed by atoms with Gasteiger partial charge in [-0.25, -0.2) is 0 Å². The highest BCUT2D eigenvalue weighted by atomic mass is 32.2. The minimum atomic E-state index is -4.75. The minimum absolute atomic E-state index is 0.0935. The van der Waals surface area contributed by atoms with E-state index in [9.17, 15) is 18.0 Å². The highest BCUT2D eigenvalue weighted by Gasteiger charge is 2.31. The Balaban J connectivity index is 1.58. The summed E-state index contributed by atoms with van der Waals surface area (Å²) in [5, 5.41) is 14.3. The summed E-state index contributed by atoms with van der Waals surface area (Å²) >= 11 is 1.18. The molecule has 158 valence electrons. The first kappa shape index (κ1) is 21.4. The summed E-state index contributed by atoms with van der Waals surface area (Å²) in [5.74, 6) is 0.107. The molecule has 0 aliphatic heterocycles. The normalized spacial score (nSPS) is 16.4. The Bertz CT molecular complexity index is 807. The van der Waals surface area contributed by atoms with Crippen molar-refractivity contribution in [2.24, 2.45) is 5.92 Å². The zero-order valence-electron chi connectivity index (χ0n) is 15.9. The number of halogens is 3. The molecule has 0 radical (unpaired) electrons. The van der Waals surface area contributed by atoms with Crippen LogP contribution in [0.15, 0.2) is 29.4 Å². The Morgan fingerprint density at radius 2 is 1.97 bits per heavy atom. The summed E-state index contributed by atoms with van der Waals surface area (Å²) < 4.78 is 42.1. The molecule has 1 aromatic carbocycles. The van der Waals surface area contributed by atoms with Gasteiger partial charge < -0.3 is 10.1 Å². The van der Waals surface area contributed by atoms with Gasteiger partial charge in [0.2, 0.25) is 11.1 Å². The number of hydrogen-bond donors (Lipinski definition) is 1. The second kappa shape index (κ2) is 9.47. The van der Waals surface area contributed by atoms with Crippen LogP contribution < -0.4 is 10.1 Å². The summed E-state index contributed by atoms with van der Waals surface area (Å²) in [4.78, 5) is 12.4. The Morgan fingerprint density at radius 3 is 2.62 bits per heavy atom. The van der Waals surface area contributed by atoms with E-state index < -0.39 is 11.6 Å². The van der Waals surface area contributed by atoms with Gasteiger partial charge in [-0.2, -0.15) is 4.68 Å². The first-order valence-electron chi connectivity index (χ1n) is 9.41. The van der Waals surface area contributed by atoms with Crippen LogP contribution >= 0.6 is 11.8 Å². The van der Waals surface area contributed by atoms with Crippen molar-refractivity contribution in [3.8, 4) is 11.4 Å². The van der Waals surface area contributed by atoms with E-state index in [1.807, 2.05) is 0 Å². The molecule has 11 heteroatoms. The van der Waals surface area contributed by atoms with Crippen molar-refractivity contribution in [2.45, 2.75) is 55.8 Å². The van der Waals surface area contributed by atoms with Crippen LogP contribution in [0.25, 0.3) is 5.69 Å². The zero-order valence-corrected chi connectivity index (χ0v) is 16.7. The maximum atomic E-state index is 12.4. The van der Waals surface area contributed by atoms with Crippen molar-refractivity contribution >= 4 is 17.7 Å². The van der Waals surface area contributed by atoms with Crippen molar-refractivity contribution in [1.82, 2.24) is 25.5 Å². The molecule has 29 heavy (non-hydrogen) atoms. The van der Waals surface area contributed by atoms with Crippen LogP contribution in [0.3, 0.4) is 0 Å². The molecule has 1 atom stereocenters. The van der Waals surface area contributed by atoms with Crippen LogP contribution in [0.1, 0.15) is 39.0 Å². The van der Waals surface area contributed by atoms with Crippen LogP contribution in [-0.2, 0) is 4.79 Å². The van der Waals surface area contributed by atoms with Crippen molar-refractivity contribution in [3.05, 3.63) is 24.3 Å². The summed E-state index contributed by atoms with van der Waals surface area (Å²) in [6, 6.07) is 5.18. The monoisotopic (exact) mass is 429 g/mol. The van der Waals surface area contributed by atoms with Crippen molar-refractivity contribution in [3.63, 3.8) is 0 Å². The average Bonchev–Trinajstić information content (AvgIpc) is 3.14. The largest absolute Gasteiger partial charge is 0.573 e. The molecule has 0 unspecified atom stereocenters. The third-order valence-corrected chi connectivity index (χ3v) is 5.73. The number of carbonyl (C=O) groups is 1. The molecule has 1 aromatic heterocycles. The zero-order chi connectivity index (χ0) is 20.9. The van der Waals surface area contributed by atoms with E-state index in [1.54, 1.807) is 6.92 Å². The van der Waals surface area contributed by atoms with Crippen molar-refractivity contribution < 1.29 is 22.7 Å². The molecule has 1 aliphatic carbocycles. The standard InChI is InChI=1S/C18H22F3N5O2S/c1-12(16(27)22-11-13-5-3-2-4-6-13)29-17-23-24-25-26(17)14-7-9-15(10-8-14)28-18(19,20)21/h7-10,12-13H,2-6,11H2,1H3,(H,22,27)/t12-/m1/s1. The lowest BCUT2D eigenvalue weighted by atomic mass is 9.89. The fourth-order valence-electron chi connectivity index (χ4n) is 3.20. The van der Waals surface area contributed by atoms with Crippen LogP contribution in [0.4, 0.5) is 13.2 Å². The number of rotatable bonds is 7. The minimum Gasteiger partial charge on any atom is -0.406 e. The quantitative estimate of drug-likeness (QED) is 0.676. The van der Waals surface area contributed by atoms with Crippen LogP contribution in [0.2, 0.25) is 0 Å². The van der Waals surface area contributed by atoms with Crippen molar-refractivity contribution in [1.29, 1.82) is 0 Å². The van der Waals surface area contributed by atoms with Gasteiger partial charge in [0.25, 0.3) is 0 Å². The summed E-state index contributed by atoms with van der Waals surface area (Å²) in [6.07, 6.45) is 1.24. The summed E-state index contributed by atoms with van der Waals surface area (Å²) in [5.41, 5.74) is 0.460. The molecule has 1 amide bonds. The Labute approximate surface area is 170 Å². The number of carbonyl (C=O) groups excluding carboxylic acids is 1. The topological polar surface area (TPSA) is 81.9 Å². The number of benzene rings is 1. The molecule has 3 rings (SSSR count). The Morgan fingerprint density at radius 1 is 1.28 bits per heavy atom. The van der Waals surface area contributed by atoms with Crippen LogP contribution in [-0.4, -0.2) is 44.3 Å². The van der Waals surface area contributed by atoms with E-state index in [0.717, 1.165) is 12.8 Å². The van der Waals surface area contributed by atoms with E-state index in [4.69, 9.17) is 0 Å². The van der Waals surface area contributed by atoms with Crippen molar-refractivity contribution in [2.75, 3.05) is 6.54 Å². The molecule has 2 aromatic rings. The Hall–Kier alpha value is -2.30. The fraction of sp³-hybridized carbons (Fsp3) is 0.556. The fourth-order valence-corrected chi connectivity index (χ4v) is 4.03. The van der Waals surface area contributed by atoms with Gasteiger partial charge in [0.1, 0.15) is 5.75 Å². The van der Waals surface area contributed by atoms with Gasteiger partial charge >= 0.3 is 6.36 Å². The SMILES string of the molecule is C[C@@H](Sc1nnnn1-c1ccc(OC(F)(F)F)cc1)C(=O)NCC1CCCCC1. The van der Waals surface area contributed by atoms with Crippen LogP contribution in [0, 0.1) is 5.92 Å². The lowest BCUT2D eigenvalue weighted by molar-refractivity contribution is -0.274. The number of nitrogens with one attached hydrogen (secondary N) is 1.